The van der Waals surface area contributed by atoms with E-state index in [9.17, 15) is 23.5 Å². The maximum atomic E-state index is 14.0. The van der Waals surface area contributed by atoms with Gasteiger partial charge in [-0.1, -0.05) is 18.1 Å². The van der Waals surface area contributed by atoms with Crippen LogP contribution in [0.15, 0.2) is 53.3 Å². The summed E-state index contributed by atoms with van der Waals surface area (Å²) in [6, 6.07) is 11.9. The molecule has 4 rings (SSSR count). The Morgan fingerprint density at radius 2 is 1.86 bits per heavy atom. The molecule has 0 saturated carbocycles. The summed E-state index contributed by atoms with van der Waals surface area (Å²) in [7, 11) is 1.71. The summed E-state index contributed by atoms with van der Waals surface area (Å²) in [5.74, 6) is 2.80. The van der Waals surface area contributed by atoms with Crippen LogP contribution in [0.3, 0.4) is 0 Å². The van der Waals surface area contributed by atoms with Gasteiger partial charge in [0.2, 0.25) is 5.91 Å². The van der Waals surface area contributed by atoms with Crippen molar-refractivity contribution in [1.82, 2.24) is 14.8 Å². The van der Waals surface area contributed by atoms with Crippen molar-refractivity contribution >= 4 is 16.8 Å². The fourth-order valence-electron chi connectivity index (χ4n) is 4.40. The van der Waals surface area contributed by atoms with Gasteiger partial charge in [0.25, 0.3) is 5.56 Å². The van der Waals surface area contributed by atoms with Crippen LogP contribution in [0, 0.1) is 23.5 Å². The van der Waals surface area contributed by atoms with E-state index in [-0.39, 0.29) is 18.4 Å². The number of aliphatic hydroxyl groups is 1. The van der Waals surface area contributed by atoms with Crippen LogP contribution < -0.4 is 11.3 Å². The van der Waals surface area contributed by atoms with E-state index < -0.39 is 29.1 Å². The lowest BCUT2D eigenvalue weighted by Crippen LogP contribution is -2.19. The molecule has 2 aromatic carbocycles. The van der Waals surface area contributed by atoms with E-state index in [0.29, 0.717) is 39.0 Å². The number of halogens is 2. The number of aromatic amines is 1. The number of hydrogen-bond donors (Lipinski definition) is 3. The third-order valence-electron chi connectivity index (χ3n) is 5.84. The number of para-hydroxylation sites is 1. The van der Waals surface area contributed by atoms with E-state index in [1.54, 1.807) is 36.0 Å². The number of primary amides is 1. The molecule has 7 nitrogen and oxygen atoms in total. The molecule has 4 N–H and O–H groups in total. The van der Waals surface area contributed by atoms with Crippen LogP contribution in [0.25, 0.3) is 22.0 Å². The van der Waals surface area contributed by atoms with Gasteiger partial charge in [0, 0.05) is 36.6 Å². The van der Waals surface area contributed by atoms with Crippen molar-refractivity contribution in [3.63, 3.8) is 0 Å². The van der Waals surface area contributed by atoms with Crippen molar-refractivity contribution in [2.24, 2.45) is 12.8 Å². The Hall–Kier alpha value is -4.29. The lowest BCUT2D eigenvalue weighted by atomic mass is 9.87. The lowest BCUT2D eigenvalue weighted by molar-refractivity contribution is -0.118. The summed E-state index contributed by atoms with van der Waals surface area (Å²) >= 11 is 0. The number of pyridine rings is 1. The molecule has 0 aliphatic rings. The van der Waals surface area contributed by atoms with Crippen LogP contribution in [0.4, 0.5) is 8.78 Å². The Balaban J connectivity index is 1.96. The molecule has 0 bridgehead atoms. The molecule has 190 valence electrons. The number of hydrogen-bond acceptors (Lipinski definition) is 4. The molecule has 4 aromatic rings. The third kappa shape index (κ3) is 5.93. The number of aromatic nitrogens is 3. The molecule has 0 radical (unpaired) electrons. The zero-order chi connectivity index (χ0) is 26.9. The number of amides is 1. The molecule has 1 amide bonds. The Labute approximate surface area is 211 Å². The second kappa shape index (κ2) is 9.99. The first-order chi connectivity index (χ1) is 17.4. The van der Waals surface area contributed by atoms with Crippen LogP contribution in [-0.4, -0.2) is 31.4 Å². The van der Waals surface area contributed by atoms with Crippen molar-refractivity contribution in [1.29, 1.82) is 0 Å². The molecule has 0 unspecified atom stereocenters. The quantitative estimate of drug-likeness (QED) is 0.349. The van der Waals surface area contributed by atoms with E-state index in [0.717, 1.165) is 6.07 Å². The fraction of sp³-hybridized carbons (Fsp3) is 0.250. The number of H-pyrrole nitrogens is 1. The minimum absolute atomic E-state index is 0.0715. The molecule has 0 fully saturated rings. The summed E-state index contributed by atoms with van der Waals surface area (Å²) in [5.41, 5.74) is 7.04. The van der Waals surface area contributed by atoms with Crippen molar-refractivity contribution in [3.05, 3.63) is 87.5 Å². The SMILES string of the molecule is Cn1[nH]c(=O)c2cccc(-c3ccc(C#CC(C)(C)O)nc3[C@H](CC(N)=O)Cc3cc(F)cc(F)c3)c21. The topological polar surface area (TPSA) is 114 Å². The van der Waals surface area contributed by atoms with Crippen molar-refractivity contribution in [3.8, 4) is 23.0 Å². The number of aryl methyl sites for hydroxylation is 1. The van der Waals surface area contributed by atoms with Crippen molar-refractivity contribution in [2.75, 3.05) is 0 Å². The van der Waals surface area contributed by atoms with Gasteiger partial charge in [0.05, 0.1) is 16.6 Å². The molecular weight excluding hydrogens is 478 g/mol. The zero-order valence-electron chi connectivity index (χ0n) is 20.6. The summed E-state index contributed by atoms with van der Waals surface area (Å²) in [6.45, 7) is 3.08. The fourth-order valence-corrected chi connectivity index (χ4v) is 4.40. The van der Waals surface area contributed by atoms with E-state index in [4.69, 9.17) is 10.7 Å². The van der Waals surface area contributed by atoms with Crippen LogP contribution in [0.2, 0.25) is 0 Å². The average molecular weight is 505 g/mol. The number of carbonyl (C=O) groups excluding carboxylic acids is 1. The van der Waals surface area contributed by atoms with Crippen LogP contribution in [0.5, 0.6) is 0 Å². The first-order valence-electron chi connectivity index (χ1n) is 11.6. The van der Waals surface area contributed by atoms with Gasteiger partial charge in [-0.2, -0.15) is 0 Å². The Bertz CT molecular complexity index is 1600. The molecule has 0 aliphatic heterocycles. The number of nitrogens with zero attached hydrogens (tertiary/aromatic N) is 2. The number of benzene rings is 2. The maximum Gasteiger partial charge on any atom is 0.271 e. The zero-order valence-corrected chi connectivity index (χ0v) is 20.6. The number of rotatable bonds is 6. The van der Waals surface area contributed by atoms with E-state index >= 15 is 0 Å². The van der Waals surface area contributed by atoms with Gasteiger partial charge >= 0.3 is 0 Å². The molecule has 0 spiro atoms. The summed E-state index contributed by atoms with van der Waals surface area (Å²) in [6.07, 6.45) is -0.0788. The average Bonchev–Trinajstić information content (AvgIpc) is 3.09. The molecular formula is C28H26F2N4O3. The highest BCUT2D eigenvalue weighted by atomic mass is 19.1. The standard InChI is InChI=1S/C28H26F2N4O3/c1-28(2,37)10-9-20-7-8-21(22-5-4-6-23-26(22)34(3)33-27(23)36)25(32-20)17(14-24(31)35)11-16-12-18(29)15-19(30)13-16/h4-8,12-13,15,17,37H,11,14H2,1-3H3,(H2,31,35)(H,33,36)/t17-/m0/s1. The molecule has 9 heteroatoms. The largest absolute Gasteiger partial charge is 0.378 e. The molecule has 37 heavy (non-hydrogen) atoms. The Morgan fingerprint density at radius 3 is 2.51 bits per heavy atom. The van der Waals surface area contributed by atoms with Crippen LogP contribution in [-0.2, 0) is 18.3 Å². The molecule has 0 aliphatic carbocycles. The Kier molecular flexibility index (Phi) is 6.96. The third-order valence-corrected chi connectivity index (χ3v) is 5.84. The van der Waals surface area contributed by atoms with Gasteiger partial charge in [-0.3, -0.25) is 19.4 Å². The maximum absolute atomic E-state index is 14.0. The molecule has 2 aromatic heterocycles. The Morgan fingerprint density at radius 1 is 1.16 bits per heavy atom. The minimum Gasteiger partial charge on any atom is -0.378 e. The molecule has 1 atom stereocenters. The molecule has 0 saturated heterocycles. The monoisotopic (exact) mass is 504 g/mol. The highest BCUT2D eigenvalue weighted by Gasteiger charge is 2.24. The van der Waals surface area contributed by atoms with Gasteiger partial charge in [-0.25, -0.2) is 13.8 Å². The number of nitrogens with one attached hydrogen (secondary N) is 1. The summed E-state index contributed by atoms with van der Waals surface area (Å²) in [5, 5.41) is 13.2. The first-order valence-corrected chi connectivity index (χ1v) is 11.6. The highest BCUT2D eigenvalue weighted by molar-refractivity contribution is 5.94. The van der Waals surface area contributed by atoms with Crippen LogP contribution >= 0.6 is 0 Å². The summed E-state index contributed by atoms with van der Waals surface area (Å²) in [4.78, 5) is 29.2. The predicted molar refractivity (Wildman–Crippen MR) is 137 cm³/mol. The lowest BCUT2D eigenvalue weighted by Gasteiger charge is -2.20. The van der Waals surface area contributed by atoms with Gasteiger partial charge in [-0.05, 0) is 62.1 Å². The van der Waals surface area contributed by atoms with E-state index in [2.05, 4.69) is 16.9 Å². The minimum atomic E-state index is -1.26. The van der Waals surface area contributed by atoms with Crippen LogP contribution in [0.1, 0.15) is 43.1 Å². The predicted octanol–water partition coefficient (Wildman–Crippen LogP) is 3.53. The second-order valence-corrected chi connectivity index (χ2v) is 9.49. The number of nitrogens with two attached hydrogens (primary N) is 1. The van der Waals surface area contributed by atoms with Gasteiger partial charge in [0.15, 0.2) is 0 Å². The molecule has 2 heterocycles. The number of carbonyl (C=O) groups is 1. The summed E-state index contributed by atoms with van der Waals surface area (Å²) < 4.78 is 29.5. The van der Waals surface area contributed by atoms with Crippen molar-refractivity contribution < 1.29 is 18.7 Å². The van der Waals surface area contributed by atoms with Gasteiger partial charge in [0.1, 0.15) is 22.9 Å². The van der Waals surface area contributed by atoms with Gasteiger partial charge < -0.3 is 10.8 Å². The van der Waals surface area contributed by atoms with E-state index in [1.807, 2.05) is 6.07 Å². The first kappa shape index (κ1) is 25.8. The normalized spacial score (nSPS) is 12.3. The van der Waals surface area contributed by atoms with Crippen molar-refractivity contribution in [2.45, 2.75) is 38.2 Å². The smallest absolute Gasteiger partial charge is 0.271 e. The second-order valence-electron chi connectivity index (χ2n) is 9.49. The van der Waals surface area contributed by atoms with E-state index in [1.165, 1.54) is 26.0 Å². The highest BCUT2D eigenvalue weighted by Crippen LogP contribution is 2.35. The number of fused-ring (bicyclic) bond motifs is 1. The van der Waals surface area contributed by atoms with Gasteiger partial charge in [-0.15, -0.1) is 0 Å².